The van der Waals surface area contributed by atoms with Gasteiger partial charge < -0.3 is 15.3 Å². The molecule has 4 heteroatoms. The third kappa shape index (κ3) is 5.24. The van der Waals surface area contributed by atoms with Crippen molar-refractivity contribution in [3.8, 4) is 0 Å². The summed E-state index contributed by atoms with van der Waals surface area (Å²) >= 11 is 0. The van der Waals surface area contributed by atoms with Crippen molar-refractivity contribution < 1.29 is 5.11 Å². The molecule has 1 heterocycles. The lowest BCUT2D eigenvalue weighted by molar-refractivity contribution is 0.253. The number of hydrogen-bond donors (Lipinski definition) is 2. The van der Waals surface area contributed by atoms with Crippen molar-refractivity contribution in [3.05, 3.63) is 35.4 Å². The third-order valence-electron chi connectivity index (χ3n) is 4.50. The summed E-state index contributed by atoms with van der Waals surface area (Å²) in [6.07, 6.45) is 4.20. The highest BCUT2D eigenvalue weighted by molar-refractivity contribution is 5.80. The Hall–Kier alpha value is -1.55. The molecule has 2 N–H and O–H groups in total. The second-order valence-electron chi connectivity index (χ2n) is 6.30. The molecule has 128 valence electrons. The highest BCUT2D eigenvalue weighted by Gasteiger charge is 2.19. The first-order valence-electron chi connectivity index (χ1n) is 8.99. The summed E-state index contributed by atoms with van der Waals surface area (Å²) in [6, 6.07) is 8.69. The molecule has 1 aliphatic heterocycles. The van der Waals surface area contributed by atoms with Crippen LogP contribution in [0, 0.1) is 5.92 Å². The summed E-state index contributed by atoms with van der Waals surface area (Å²) in [5, 5.41) is 12.7. The Morgan fingerprint density at radius 3 is 2.74 bits per heavy atom. The molecule has 0 radical (unpaired) electrons. The van der Waals surface area contributed by atoms with Crippen molar-refractivity contribution in [1.82, 2.24) is 10.2 Å². The molecule has 1 aromatic carbocycles. The molecule has 1 unspecified atom stereocenters. The quantitative estimate of drug-likeness (QED) is 0.600. The maximum Gasteiger partial charge on any atom is 0.194 e. The Bertz CT molecular complexity index is 495. The molecule has 0 aliphatic carbocycles. The average Bonchev–Trinajstić information content (AvgIpc) is 2.58. The van der Waals surface area contributed by atoms with Crippen LogP contribution in [-0.4, -0.2) is 42.2 Å². The van der Waals surface area contributed by atoms with Crippen molar-refractivity contribution in [3.63, 3.8) is 0 Å². The van der Waals surface area contributed by atoms with Crippen molar-refractivity contribution >= 4 is 5.96 Å². The van der Waals surface area contributed by atoms with E-state index >= 15 is 0 Å². The number of nitrogens with zero attached hydrogens (tertiary/aromatic N) is 2. The van der Waals surface area contributed by atoms with Crippen LogP contribution in [0.2, 0.25) is 0 Å². The van der Waals surface area contributed by atoms with Gasteiger partial charge in [0.15, 0.2) is 5.96 Å². The van der Waals surface area contributed by atoms with Gasteiger partial charge in [0.1, 0.15) is 0 Å². The predicted molar refractivity (Wildman–Crippen MR) is 96.6 cm³/mol. The topological polar surface area (TPSA) is 47.9 Å². The van der Waals surface area contributed by atoms with Crippen LogP contribution in [0.4, 0.5) is 0 Å². The van der Waals surface area contributed by atoms with E-state index in [1.54, 1.807) is 0 Å². The van der Waals surface area contributed by atoms with E-state index < -0.39 is 0 Å². The van der Waals surface area contributed by atoms with Crippen LogP contribution in [0.1, 0.15) is 44.2 Å². The Kier molecular flexibility index (Phi) is 7.40. The number of benzene rings is 1. The number of aliphatic hydroxyl groups excluding tert-OH is 1. The molecule has 23 heavy (non-hydrogen) atoms. The first-order valence-corrected chi connectivity index (χ1v) is 8.99. The van der Waals surface area contributed by atoms with Gasteiger partial charge in [0.25, 0.3) is 0 Å². The van der Waals surface area contributed by atoms with Crippen LogP contribution in [0.15, 0.2) is 29.3 Å². The summed E-state index contributed by atoms with van der Waals surface area (Å²) in [7, 11) is 0. The van der Waals surface area contributed by atoms with E-state index in [2.05, 4.69) is 48.3 Å². The fourth-order valence-electron chi connectivity index (χ4n) is 3.24. The number of nitrogens with one attached hydrogen (secondary N) is 1. The first kappa shape index (κ1) is 17.8. The molecule has 2 rings (SSSR count). The van der Waals surface area contributed by atoms with Crippen LogP contribution in [0.3, 0.4) is 0 Å². The van der Waals surface area contributed by atoms with E-state index in [0.29, 0.717) is 5.92 Å². The molecule has 0 spiro atoms. The Morgan fingerprint density at radius 1 is 1.26 bits per heavy atom. The van der Waals surface area contributed by atoms with Crippen molar-refractivity contribution in [2.24, 2.45) is 10.9 Å². The van der Waals surface area contributed by atoms with Gasteiger partial charge in [-0.25, -0.2) is 0 Å². The Morgan fingerprint density at radius 2 is 2.04 bits per heavy atom. The SMILES string of the molecule is CCCC(CCO)CN=C(NCC)N1CCc2ccccc2C1. The number of hydrogen-bond acceptors (Lipinski definition) is 2. The zero-order chi connectivity index (χ0) is 16.5. The monoisotopic (exact) mass is 317 g/mol. The van der Waals surface area contributed by atoms with Crippen molar-refractivity contribution in [2.75, 3.05) is 26.2 Å². The van der Waals surface area contributed by atoms with Gasteiger partial charge >= 0.3 is 0 Å². The van der Waals surface area contributed by atoms with E-state index in [9.17, 15) is 5.11 Å². The molecule has 1 aliphatic rings. The summed E-state index contributed by atoms with van der Waals surface area (Å²) in [4.78, 5) is 7.22. The van der Waals surface area contributed by atoms with E-state index in [1.165, 1.54) is 11.1 Å². The van der Waals surface area contributed by atoms with Crippen molar-refractivity contribution in [2.45, 2.75) is 46.1 Å². The molecule has 4 nitrogen and oxygen atoms in total. The number of fused-ring (bicyclic) bond motifs is 1. The molecule has 0 amide bonds. The van der Waals surface area contributed by atoms with E-state index in [0.717, 1.165) is 57.8 Å². The molecular formula is C19H31N3O. The summed E-state index contributed by atoms with van der Waals surface area (Å²) < 4.78 is 0. The average molecular weight is 317 g/mol. The number of aliphatic hydroxyl groups is 1. The Labute approximate surface area is 140 Å². The van der Waals surface area contributed by atoms with Crippen LogP contribution in [0.5, 0.6) is 0 Å². The van der Waals surface area contributed by atoms with Gasteiger partial charge in [-0.15, -0.1) is 0 Å². The maximum atomic E-state index is 9.22. The summed E-state index contributed by atoms with van der Waals surface area (Å²) in [5.74, 6) is 1.50. The smallest absolute Gasteiger partial charge is 0.194 e. The molecule has 0 bridgehead atoms. The largest absolute Gasteiger partial charge is 0.396 e. The summed E-state index contributed by atoms with van der Waals surface area (Å²) in [6.45, 7) is 8.20. The highest BCUT2D eigenvalue weighted by atomic mass is 16.3. The zero-order valence-corrected chi connectivity index (χ0v) is 14.6. The standard InChI is InChI=1S/C19H31N3O/c1-3-7-16(11-13-23)14-21-19(20-4-2)22-12-10-17-8-5-6-9-18(17)15-22/h5-6,8-9,16,23H,3-4,7,10-15H2,1-2H3,(H,20,21). The molecule has 0 aromatic heterocycles. The fourth-order valence-corrected chi connectivity index (χ4v) is 3.24. The number of rotatable bonds is 7. The van der Waals surface area contributed by atoms with Gasteiger partial charge in [-0.2, -0.15) is 0 Å². The lowest BCUT2D eigenvalue weighted by Gasteiger charge is -2.32. The van der Waals surface area contributed by atoms with Gasteiger partial charge in [0.2, 0.25) is 0 Å². The Balaban J connectivity index is 2.04. The van der Waals surface area contributed by atoms with Gasteiger partial charge in [-0.05, 0) is 43.2 Å². The zero-order valence-electron chi connectivity index (χ0n) is 14.6. The van der Waals surface area contributed by atoms with E-state index in [4.69, 9.17) is 4.99 Å². The minimum Gasteiger partial charge on any atom is -0.396 e. The van der Waals surface area contributed by atoms with Crippen LogP contribution in [0.25, 0.3) is 0 Å². The third-order valence-corrected chi connectivity index (χ3v) is 4.50. The fraction of sp³-hybridized carbons (Fsp3) is 0.632. The molecular weight excluding hydrogens is 286 g/mol. The van der Waals surface area contributed by atoms with E-state index in [-0.39, 0.29) is 6.61 Å². The van der Waals surface area contributed by atoms with Crippen LogP contribution >= 0.6 is 0 Å². The first-order chi connectivity index (χ1) is 11.3. The second kappa shape index (κ2) is 9.56. The van der Waals surface area contributed by atoms with Gasteiger partial charge in [0.05, 0.1) is 0 Å². The minimum atomic E-state index is 0.258. The van der Waals surface area contributed by atoms with Crippen LogP contribution in [-0.2, 0) is 13.0 Å². The minimum absolute atomic E-state index is 0.258. The van der Waals surface area contributed by atoms with E-state index in [1.807, 2.05) is 0 Å². The predicted octanol–water partition coefficient (Wildman–Crippen LogP) is 2.81. The van der Waals surface area contributed by atoms with Gasteiger partial charge in [-0.1, -0.05) is 37.6 Å². The number of aliphatic imine (C=N–C) groups is 1. The molecule has 0 fully saturated rings. The second-order valence-corrected chi connectivity index (χ2v) is 6.30. The van der Waals surface area contributed by atoms with Crippen LogP contribution < -0.4 is 5.32 Å². The molecule has 1 atom stereocenters. The van der Waals surface area contributed by atoms with Gasteiger partial charge in [-0.3, -0.25) is 4.99 Å². The lowest BCUT2D eigenvalue weighted by atomic mass is 10.00. The normalized spacial score (nSPS) is 16.1. The molecule has 0 saturated heterocycles. The van der Waals surface area contributed by atoms with Gasteiger partial charge in [0, 0.05) is 32.8 Å². The molecule has 1 aromatic rings. The maximum absolute atomic E-state index is 9.22. The highest BCUT2D eigenvalue weighted by Crippen LogP contribution is 2.19. The van der Waals surface area contributed by atoms with Crippen molar-refractivity contribution in [1.29, 1.82) is 0 Å². The number of guanidine groups is 1. The molecule has 0 saturated carbocycles. The summed E-state index contributed by atoms with van der Waals surface area (Å²) in [5.41, 5.74) is 2.87. The lowest BCUT2D eigenvalue weighted by Crippen LogP contribution is -2.44.